The van der Waals surface area contributed by atoms with Crippen LogP contribution in [0.25, 0.3) is 11.0 Å². The molecule has 1 amide bonds. The van der Waals surface area contributed by atoms with Crippen molar-refractivity contribution in [3.05, 3.63) is 47.8 Å². The lowest BCUT2D eigenvalue weighted by molar-refractivity contribution is 0.0997. The number of imidazole rings is 1. The number of anilines is 1. The lowest BCUT2D eigenvalue weighted by Crippen LogP contribution is -2.16. The fourth-order valence-corrected chi connectivity index (χ4v) is 3.54. The van der Waals surface area contributed by atoms with Crippen molar-refractivity contribution in [2.45, 2.75) is 24.7 Å². The normalized spacial score (nSPS) is 11.8. The van der Waals surface area contributed by atoms with Crippen LogP contribution in [-0.4, -0.2) is 29.4 Å². The number of aromatic amines is 1. The van der Waals surface area contributed by atoms with Crippen LogP contribution < -0.4 is 10.5 Å². The van der Waals surface area contributed by atoms with Gasteiger partial charge in [-0.2, -0.15) is 0 Å². The monoisotopic (exact) mass is 374 g/mol. The standard InChI is InChI=1S/C17H18N4O4S/c1-9(2)17-19-13-5-3-10(7-14(13)20-17)21-26(24,25)11-4-6-15(22)12(8-11)16(18)23/h3-9,21-22H,1-2H3,(H2,18,23)(H,19,20). The molecule has 136 valence electrons. The summed E-state index contributed by atoms with van der Waals surface area (Å²) in [5, 5.41) is 9.60. The van der Waals surface area contributed by atoms with Crippen LogP contribution in [0.3, 0.4) is 0 Å². The minimum absolute atomic E-state index is 0.184. The van der Waals surface area contributed by atoms with E-state index in [1.54, 1.807) is 18.2 Å². The second kappa shape index (κ2) is 6.34. The topological polar surface area (TPSA) is 138 Å². The molecule has 9 heteroatoms. The first-order chi connectivity index (χ1) is 12.2. The number of benzene rings is 2. The number of H-pyrrole nitrogens is 1. The van der Waals surface area contributed by atoms with Crippen LogP contribution in [0.1, 0.15) is 35.9 Å². The molecule has 0 atom stereocenters. The Labute approximate surface area is 150 Å². The van der Waals surface area contributed by atoms with Gasteiger partial charge in [-0.25, -0.2) is 13.4 Å². The van der Waals surface area contributed by atoms with E-state index in [0.717, 1.165) is 23.5 Å². The number of fused-ring (bicyclic) bond motifs is 1. The lowest BCUT2D eigenvalue weighted by Gasteiger charge is -2.09. The summed E-state index contributed by atoms with van der Waals surface area (Å²) in [5.41, 5.74) is 6.66. The van der Waals surface area contributed by atoms with Gasteiger partial charge in [0.05, 0.1) is 27.2 Å². The second-order valence-corrected chi connectivity index (χ2v) is 7.84. The lowest BCUT2D eigenvalue weighted by atomic mass is 10.2. The van der Waals surface area contributed by atoms with Crippen molar-refractivity contribution in [2.24, 2.45) is 5.73 Å². The van der Waals surface area contributed by atoms with Gasteiger partial charge in [0.2, 0.25) is 0 Å². The Morgan fingerprint density at radius 2 is 1.96 bits per heavy atom. The molecule has 0 saturated heterocycles. The number of hydrogen-bond acceptors (Lipinski definition) is 5. The maximum Gasteiger partial charge on any atom is 0.261 e. The van der Waals surface area contributed by atoms with Gasteiger partial charge in [-0.1, -0.05) is 13.8 Å². The quantitative estimate of drug-likeness (QED) is 0.543. The molecule has 0 unspecified atom stereocenters. The van der Waals surface area contributed by atoms with E-state index in [1.807, 2.05) is 13.8 Å². The van der Waals surface area contributed by atoms with Gasteiger partial charge >= 0.3 is 0 Å². The van der Waals surface area contributed by atoms with Gasteiger partial charge in [-0.05, 0) is 36.4 Å². The van der Waals surface area contributed by atoms with E-state index in [-0.39, 0.29) is 22.1 Å². The fraction of sp³-hybridized carbons (Fsp3) is 0.176. The third kappa shape index (κ3) is 3.33. The predicted octanol–water partition coefficient (Wildman–Crippen LogP) is 2.29. The van der Waals surface area contributed by atoms with Crippen LogP contribution in [0, 0.1) is 0 Å². The summed E-state index contributed by atoms with van der Waals surface area (Å²) in [6, 6.07) is 8.28. The third-order valence-corrected chi connectivity index (χ3v) is 5.22. The third-order valence-electron chi connectivity index (χ3n) is 3.84. The van der Waals surface area contributed by atoms with Crippen molar-refractivity contribution in [1.82, 2.24) is 9.97 Å². The number of rotatable bonds is 5. The van der Waals surface area contributed by atoms with E-state index in [4.69, 9.17) is 5.73 Å². The van der Waals surface area contributed by atoms with Gasteiger partial charge in [0.1, 0.15) is 11.6 Å². The van der Waals surface area contributed by atoms with E-state index in [9.17, 15) is 18.3 Å². The van der Waals surface area contributed by atoms with E-state index < -0.39 is 15.9 Å². The average molecular weight is 374 g/mol. The molecule has 3 rings (SSSR count). The van der Waals surface area contributed by atoms with Crippen LogP contribution in [0.4, 0.5) is 5.69 Å². The van der Waals surface area contributed by atoms with Crippen LogP contribution >= 0.6 is 0 Å². The first-order valence-electron chi connectivity index (χ1n) is 7.82. The number of carbonyl (C=O) groups is 1. The summed E-state index contributed by atoms with van der Waals surface area (Å²) in [6.07, 6.45) is 0. The van der Waals surface area contributed by atoms with Gasteiger partial charge < -0.3 is 15.8 Å². The number of nitrogens with zero attached hydrogens (tertiary/aromatic N) is 1. The summed E-state index contributed by atoms with van der Waals surface area (Å²) in [7, 11) is -3.97. The zero-order valence-electron chi connectivity index (χ0n) is 14.1. The number of nitrogens with two attached hydrogens (primary N) is 1. The number of aromatic nitrogens is 2. The van der Waals surface area contributed by atoms with E-state index in [0.29, 0.717) is 11.2 Å². The highest BCUT2D eigenvalue weighted by atomic mass is 32.2. The molecule has 3 aromatic rings. The van der Waals surface area contributed by atoms with Crippen LogP contribution in [0.2, 0.25) is 0 Å². The molecule has 2 aromatic carbocycles. The zero-order valence-corrected chi connectivity index (χ0v) is 15.0. The smallest absolute Gasteiger partial charge is 0.261 e. The number of amides is 1. The summed E-state index contributed by atoms with van der Waals surface area (Å²) >= 11 is 0. The van der Waals surface area contributed by atoms with E-state index in [1.165, 1.54) is 6.07 Å². The van der Waals surface area contributed by atoms with Crippen molar-refractivity contribution in [1.29, 1.82) is 0 Å². The molecule has 0 fully saturated rings. The van der Waals surface area contributed by atoms with E-state index >= 15 is 0 Å². The maximum atomic E-state index is 12.6. The van der Waals surface area contributed by atoms with Crippen molar-refractivity contribution < 1.29 is 18.3 Å². The summed E-state index contributed by atoms with van der Waals surface area (Å²) in [5.74, 6) is -0.271. The molecule has 26 heavy (non-hydrogen) atoms. The second-order valence-electron chi connectivity index (χ2n) is 6.16. The number of aromatic hydroxyl groups is 1. The highest BCUT2D eigenvalue weighted by Crippen LogP contribution is 2.25. The van der Waals surface area contributed by atoms with Crippen molar-refractivity contribution in [3.8, 4) is 5.75 Å². The Morgan fingerprint density at radius 3 is 2.62 bits per heavy atom. The molecule has 5 N–H and O–H groups in total. The van der Waals surface area contributed by atoms with Crippen molar-refractivity contribution in [3.63, 3.8) is 0 Å². The number of sulfonamides is 1. The number of primary amides is 1. The molecular formula is C17H18N4O4S. The average Bonchev–Trinajstić information content (AvgIpc) is 2.98. The molecule has 1 heterocycles. The molecule has 0 saturated carbocycles. The zero-order chi connectivity index (χ0) is 19.1. The Bertz CT molecular complexity index is 1100. The highest BCUT2D eigenvalue weighted by molar-refractivity contribution is 7.92. The largest absolute Gasteiger partial charge is 0.507 e. The van der Waals surface area contributed by atoms with Crippen LogP contribution in [-0.2, 0) is 10.0 Å². The van der Waals surface area contributed by atoms with Crippen molar-refractivity contribution in [2.75, 3.05) is 4.72 Å². The Kier molecular flexibility index (Phi) is 4.33. The summed E-state index contributed by atoms with van der Waals surface area (Å²) < 4.78 is 27.6. The number of nitrogens with one attached hydrogen (secondary N) is 2. The molecule has 0 aliphatic rings. The first kappa shape index (κ1) is 17.7. The molecule has 8 nitrogen and oxygen atoms in total. The van der Waals surface area contributed by atoms with Gasteiger partial charge in [-0.3, -0.25) is 9.52 Å². The number of phenols is 1. The Morgan fingerprint density at radius 1 is 1.23 bits per heavy atom. The van der Waals surface area contributed by atoms with Gasteiger partial charge in [0, 0.05) is 5.92 Å². The van der Waals surface area contributed by atoms with E-state index in [2.05, 4.69) is 14.7 Å². The maximum absolute atomic E-state index is 12.6. The van der Waals surface area contributed by atoms with Crippen molar-refractivity contribution >= 4 is 32.7 Å². The number of carbonyl (C=O) groups excluding carboxylic acids is 1. The molecule has 1 aromatic heterocycles. The Balaban J connectivity index is 1.95. The Hall–Kier alpha value is -3.07. The van der Waals surface area contributed by atoms with Crippen LogP contribution in [0.5, 0.6) is 5.75 Å². The van der Waals surface area contributed by atoms with Gasteiger partial charge in [0.25, 0.3) is 15.9 Å². The summed E-state index contributed by atoms with van der Waals surface area (Å²) in [6.45, 7) is 4.00. The fourth-order valence-electron chi connectivity index (χ4n) is 2.46. The molecule has 0 bridgehead atoms. The van der Waals surface area contributed by atoms with Gasteiger partial charge in [-0.15, -0.1) is 0 Å². The highest BCUT2D eigenvalue weighted by Gasteiger charge is 2.19. The SMILES string of the molecule is CC(C)c1nc2ccc(NS(=O)(=O)c3ccc(O)c(C(N)=O)c3)cc2[nH]1. The molecule has 0 spiro atoms. The predicted molar refractivity (Wildman–Crippen MR) is 97.6 cm³/mol. The first-order valence-corrected chi connectivity index (χ1v) is 9.31. The number of hydrogen-bond donors (Lipinski definition) is 4. The summed E-state index contributed by atoms with van der Waals surface area (Å²) in [4.78, 5) is 18.7. The molecular weight excluding hydrogens is 356 g/mol. The van der Waals surface area contributed by atoms with Gasteiger partial charge in [0.15, 0.2) is 0 Å². The van der Waals surface area contributed by atoms with Crippen LogP contribution in [0.15, 0.2) is 41.3 Å². The molecule has 0 aliphatic heterocycles. The minimum Gasteiger partial charge on any atom is -0.507 e. The molecule has 0 aliphatic carbocycles. The molecule has 0 radical (unpaired) electrons. The minimum atomic E-state index is -3.97.